The van der Waals surface area contributed by atoms with Crippen molar-refractivity contribution in [3.8, 4) is 0 Å². The largest absolute Gasteiger partial charge is 0.306 e. The summed E-state index contributed by atoms with van der Waals surface area (Å²) in [4.78, 5) is 5.07. The van der Waals surface area contributed by atoms with Crippen LogP contribution in [0.1, 0.15) is 93.9 Å². The van der Waals surface area contributed by atoms with E-state index in [2.05, 4.69) is 89.3 Å². The van der Waals surface area contributed by atoms with E-state index >= 15 is 0 Å². The first-order valence-electron chi connectivity index (χ1n) is 15.5. The Labute approximate surface area is 225 Å². The maximum Gasteiger partial charge on any atom is 0.0167 e. The topological polar surface area (TPSA) is 13.0 Å². The molecule has 0 N–H and O–H groups in total. The highest BCUT2D eigenvalue weighted by Crippen LogP contribution is 2.56. The van der Waals surface area contributed by atoms with Crippen LogP contribution in [0.3, 0.4) is 0 Å². The van der Waals surface area contributed by atoms with E-state index in [1.54, 1.807) is 0 Å². The molecule has 210 valence electrons. The van der Waals surface area contributed by atoms with Gasteiger partial charge in [-0.15, -0.1) is 0 Å². The normalized spacial score (nSPS) is 30.5. The van der Waals surface area contributed by atoms with Crippen molar-refractivity contribution in [1.29, 1.82) is 0 Å². The summed E-state index contributed by atoms with van der Waals surface area (Å²) in [7, 11) is 4.60. The first-order valence-corrected chi connectivity index (χ1v) is 15.5. The SMILES string of the molecule is CN1CCC(C(C)(C)C(C)(C)C2CCN(N3CCC(C(C)(C)C(C)(C)C4CCN(C)C4)C3)CC2)CC1. The minimum Gasteiger partial charge on any atom is -0.306 e. The van der Waals surface area contributed by atoms with Crippen LogP contribution in [0.4, 0.5) is 0 Å². The molecular weight excluding hydrogens is 440 g/mol. The molecule has 2 atom stereocenters. The van der Waals surface area contributed by atoms with Gasteiger partial charge in [0.25, 0.3) is 0 Å². The van der Waals surface area contributed by atoms with Crippen molar-refractivity contribution >= 4 is 0 Å². The summed E-state index contributed by atoms with van der Waals surface area (Å²) < 4.78 is 0. The molecule has 0 amide bonds. The number of hydrogen-bond donors (Lipinski definition) is 0. The Kier molecular flexibility index (Phi) is 8.36. The standard InChI is InChI=1S/C32H62N4/c1-29(2,25-11-17-33(9)18-12-25)30(3,4)26-14-20-35(21-15-26)36-22-16-28(24-36)32(7,8)31(5,6)27-13-19-34(10)23-27/h25-28H,11-24H2,1-10H3. The lowest BCUT2D eigenvalue weighted by Crippen LogP contribution is -2.53. The highest BCUT2D eigenvalue weighted by molar-refractivity contribution is 5.01. The van der Waals surface area contributed by atoms with Gasteiger partial charge in [-0.3, -0.25) is 0 Å². The van der Waals surface area contributed by atoms with E-state index in [0.29, 0.717) is 21.7 Å². The first-order chi connectivity index (χ1) is 16.7. The third-order valence-corrected chi connectivity index (χ3v) is 13.6. The van der Waals surface area contributed by atoms with Gasteiger partial charge in [0.15, 0.2) is 0 Å². The average Bonchev–Trinajstić information content (AvgIpc) is 3.49. The fraction of sp³-hybridized carbons (Fsp3) is 1.00. The Bertz CT molecular complexity index is 724. The van der Waals surface area contributed by atoms with Gasteiger partial charge in [-0.2, -0.15) is 0 Å². The monoisotopic (exact) mass is 502 g/mol. The number of hydrazine groups is 1. The smallest absolute Gasteiger partial charge is 0.0167 e. The summed E-state index contributed by atoms with van der Waals surface area (Å²) in [6.45, 7) is 31.0. The van der Waals surface area contributed by atoms with Gasteiger partial charge in [-0.05, 0) is 118 Å². The van der Waals surface area contributed by atoms with Crippen molar-refractivity contribution in [3.05, 3.63) is 0 Å². The van der Waals surface area contributed by atoms with Gasteiger partial charge < -0.3 is 9.80 Å². The minimum absolute atomic E-state index is 0.371. The third kappa shape index (κ3) is 5.19. The zero-order valence-corrected chi connectivity index (χ0v) is 26.0. The van der Waals surface area contributed by atoms with Gasteiger partial charge in [0.1, 0.15) is 0 Å². The maximum atomic E-state index is 2.77. The van der Waals surface area contributed by atoms with E-state index in [0.717, 1.165) is 23.7 Å². The van der Waals surface area contributed by atoms with Crippen LogP contribution in [0.25, 0.3) is 0 Å². The van der Waals surface area contributed by atoms with Crippen molar-refractivity contribution in [2.45, 2.75) is 93.9 Å². The molecule has 0 aliphatic carbocycles. The van der Waals surface area contributed by atoms with Crippen molar-refractivity contribution in [2.24, 2.45) is 45.3 Å². The van der Waals surface area contributed by atoms with E-state index in [1.165, 1.54) is 90.9 Å². The highest BCUT2D eigenvalue weighted by Gasteiger charge is 2.52. The first kappa shape index (κ1) is 28.8. The molecule has 0 saturated carbocycles. The highest BCUT2D eigenvalue weighted by atomic mass is 15.6. The number of nitrogens with zero attached hydrogens (tertiary/aromatic N) is 4. The van der Waals surface area contributed by atoms with E-state index in [-0.39, 0.29) is 0 Å². The van der Waals surface area contributed by atoms with Crippen molar-refractivity contribution in [3.63, 3.8) is 0 Å². The lowest BCUT2D eigenvalue weighted by Gasteiger charge is -2.55. The fourth-order valence-electron chi connectivity index (χ4n) is 8.82. The zero-order chi connectivity index (χ0) is 26.5. The van der Waals surface area contributed by atoms with Gasteiger partial charge in [-0.25, -0.2) is 10.0 Å². The van der Waals surface area contributed by atoms with Crippen LogP contribution in [-0.2, 0) is 0 Å². The maximum absolute atomic E-state index is 2.77. The number of hydrogen-bond acceptors (Lipinski definition) is 4. The molecule has 4 heterocycles. The van der Waals surface area contributed by atoms with Gasteiger partial charge in [0.05, 0.1) is 0 Å². The predicted molar refractivity (Wildman–Crippen MR) is 155 cm³/mol. The van der Waals surface area contributed by atoms with E-state index in [1.807, 2.05) is 0 Å². The van der Waals surface area contributed by atoms with E-state index in [4.69, 9.17) is 0 Å². The van der Waals surface area contributed by atoms with E-state index in [9.17, 15) is 0 Å². The van der Waals surface area contributed by atoms with Crippen LogP contribution in [-0.4, -0.2) is 86.3 Å². The molecule has 4 aliphatic rings. The summed E-state index contributed by atoms with van der Waals surface area (Å²) in [5.41, 5.74) is 1.56. The molecule has 2 unspecified atom stereocenters. The zero-order valence-electron chi connectivity index (χ0n) is 26.0. The molecule has 0 bridgehead atoms. The minimum atomic E-state index is 0.371. The second-order valence-electron chi connectivity index (χ2n) is 15.8. The number of rotatable bonds is 7. The molecule has 4 aliphatic heterocycles. The van der Waals surface area contributed by atoms with Crippen molar-refractivity contribution in [1.82, 2.24) is 19.8 Å². The van der Waals surface area contributed by atoms with Crippen LogP contribution >= 0.6 is 0 Å². The predicted octanol–water partition coefficient (Wildman–Crippen LogP) is 6.33. The summed E-state index contributed by atoms with van der Waals surface area (Å²) in [6, 6.07) is 0. The molecule has 0 aromatic heterocycles. The molecule has 4 saturated heterocycles. The molecule has 4 rings (SSSR count). The van der Waals surface area contributed by atoms with Gasteiger partial charge >= 0.3 is 0 Å². The van der Waals surface area contributed by atoms with Gasteiger partial charge in [0.2, 0.25) is 0 Å². The lowest BCUT2D eigenvalue weighted by atomic mass is 9.53. The summed E-state index contributed by atoms with van der Waals surface area (Å²) >= 11 is 0. The molecular formula is C32H62N4. The number of likely N-dealkylation sites (tertiary alicyclic amines) is 2. The Morgan fingerprint density at radius 2 is 0.722 bits per heavy atom. The van der Waals surface area contributed by atoms with Crippen LogP contribution in [0.2, 0.25) is 0 Å². The van der Waals surface area contributed by atoms with Gasteiger partial charge in [-0.1, -0.05) is 55.4 Å². The second-order valence-corrected chi connectivity index (χ2v) is 15.8. The molecule has 4 nitrogen and oxygen atoms in total. The third-order valence-electron chi connectivity index (χ3n) is 13.6. The van der Waals surface area contributed by atoms with E-state index < -0.39 is 0 Å². The van der Waals surface area contributed by atoms with Crippen LogP contribution < -0.4 is 0 Å². The Hall–Kier alpha value is -0.160. The van der Waals surface area contributed by atoms with Crippen molar-refractivity contribution < 1.29 is 0 Å². The fourth-order valence-corrected chi connectivity index (χ4v) is 8.82. The molecule has 4 heteroatoms. The molecule has 0 aromatic rings. The average molecular weight is 503 g/mol. The second kappa shape index (κ2) is 10.4. The van der Waals surface area contributed by atoms with Crippen LogP contribution in [0, 0.1) is 45.3 Å². The van der Waals surface area contributed by atoms with Crippen LogP contribution in [0.15, 0.2) is 0 Å². The summed E-state index contributed by atoms with van der Waals surface area (Å²) in [5.74, 6) is 3.34. The van der Waals surface area contributed by atoms with Crippen molar-refractivity contribution in [2.75, 3.05) is 66.5 Å². The molecule has 0 radical (unpaired) electrons. The Morgan fingerprint density at radius 3 is 1.19 bits per heavy atom. The molecule has 36 heavy (non-hydrogen) atoms. The van der Waals surface area contributed by atoms with Crippen LogP contribution in [0.5, 0.6) is 0 Å². The quantitative estimate of drug-likeness (QED) is 0.403. The molecule has 4 fully saturated rings. The summed E-state index contributed by atoms with van der Waals surface area (Å²) in [5, 5.41) is 5.54. The molecule has 0 aromatic carbocycles. The lowest BCUT2D eigenvalue weighted by molar-refractivity contribution is -0.0917. The Morgan fingerprint density at radius 1 is 0.389 bits per heavy atom. The molecule has 0 spiro atoms. The number of piperidine rings is 2. The van der Waals surface area contributed by atoms with Gasteiger partial charge in [0, 0.05) is 32.7 Å². The Balaban J connectivity index is 1.32. The summed E-state index contributed by atoms with van der Waals surface area (Å²) in [6.07, 6.45) is 8.24.